The first-order valence-corrected chi connectivity index (χ1v) is 10.4. The second-order valence-corrected chi connectivity index (χ2v) is 7.46. The van der Waals surface area contributed by atoms with E-state index in [9.17, 15) is 0 Å². The SMILES string of the molecule is CCNC(=NCC1CN2CCCC2CO1)NCCCOCC1CCCO1.I. The molecule has 3 fully saturated rings. The van der Waals surface area contributed by atoms with Gasteiger partial charge in [0.25, 0.3) is 0 Å². The molecule has 0 aliphatic carbocycles. The predicted octanol–water partition coefficient (Wildman–Crippen LogP) is 1.61. The van der Waals surface area contributed by atoms with Crippen molar-refractivity contribution in [2.45, 2.75) is 57.3 Å². The predicted molar refractivity (Wildman–Crippen MR) is 118 cm³/mol. The Morgan fingerprint density at radius 1 is 1.19 bits per heavy atom. The number of guanidine groups is 1. The molecular formula is C19H37IN4O3. The number of halogens is 1. The molecule has 0 aromatic heterocycles. The summed E-state index contributed by atoms with van der Waals surface area (Å²) in [6.07, 6.45) is 6.39. The van der Waals surface area contributed by atoms with Gasteiger partial charge in [0.2, 0.25) is 0 Å². The number of nitrogens with zero attached hydrogens (tertiary/aromatic N) is 2. The zero-order valence-electron chi connectivity index (χ0n) is 16.7. The molecule has 0 saturated carbocycles. The summed E-state index contributed by atoms with van der Waals surface area (Å²) in [4.78, 5) is 7.28. The van der Waals surface area contributed by atoms with Gasteiger partial charge in [-0.2, -0.15) is 0 Å². The van der Waals surface area contributed by atoms with Gasteiger partial charge in [-0.15, -0.1) is 24.0 Å². The van der Waals surface area contributed by atoms with Gasteiger partial charge in [-0.1, -0.05) is 0 Å². The van der Waals surface area contributed by atoms with Crippen LogP contribution in [0.25, 0.3) is 0 Å². The fourth-order valence-corrected chi connectivity index (χ4v) is 3.90. The molecule has 3 unspecified atom stereocenters. The molecule has 0 aromatic rings. The van der Waals surface area contributed by atoms with Gasteiger partial charge in [0.15, 0.2) is 5.96 Å². The second kappa shape index (κ2) is 13.1. The average molecular weight is 496 g/mol. The minimum atomic E-state index is 0. The fraction of sp³-hybridized carbons (Fsp3) is 0.947. The highest BCUT2D eigenvalue weighted by Gasteiger charge is 2.31. The number of morpholine rings is 1. The molecule has 0 amide bonds. The smallest absolute Gasteiger partial charge is 0.191 e. The summed E-state index contributed by atoms with van der Waals surface area (Å²) in [7, 11) is 0. The van der Waals surface area contributed by atoms with E-state index >= 15 is 0 Å². The van der Waals surface area contributed by atoms with Gasteiger partial charge < -0.3 is 24.8 Å². The topological polar surface area (TPSA) is 67.4 Å². The molecule has 0 spiro atoms. The Balaban J connectivity index is 0.00000261. The highest BCUT2D eigenvalue weighted by atomic mass is 127. The highest BCUT2D eigenvalue weighted by molar-refractivity contribution is 14.0. The Hall–Kier alpha value is -0.160. The second-order valence-electron chi connectivity index (χ2n) is 7.46. The Kier molecular flexibility index (Phi) is 11.2. The van der Waals surface area contributed by atoms with Crippen molar-refractivity contribution in [3.05, 3.63) is 0 Å². The van der Waals surface area contributed by atoms with Crippen LogP contribution >= 0.6 is 24.0 Å². The van der Waals surface area contributed by atoms with Crippen molar-refractivity contribution in [1.82, 2.24) is 15.5 Å². The standard InChI is InChI=1S/C19H36N4O3.HI/c1-2-20-19(21-8-5-10-24-15-17-7-4-11-25-17)22-12-18-13-23-9-3-6-16(23)14-26-18;/h16-18H,2-15H2,1H3,(H2,20,21,22);1H. The maximum absolute atomic E-state index is 5.99. The van der Waals surface area contributed by atoms with Crippen molar-refractivity contribution in [3.8, 4) is 0 Å². The average Bonchev–Trinajstić information content (AvgIpc) is 3.33. The molecule has 158 valence electrons. The molecule has 3 heterocycles. The Morgan fingerprint density at radius 3 is 2.93 bits per heavy atom. The van der Waals surface area contributed by atoms with Crippen LogP contribution < -0.4 is 10.6 Å². The van der Waals surface area contributed by atoms with E-state index in [2.05, 4.69) is 22.5 Å². The molecule has 27 heavy (non-hydrogen) atoms. The summed E-state index contributed by atoms with van der Waals surface area (Å²) >= 11 is 0. The third-order valence-electron chi connectivity index (χ3n) is 5.34. The van der Waals surface area contributed by atoms with Crippen LogP contribution in [-0.4, -0.2) is 88.3 Å². The largest absolute Gasteiger partial charge is 0.379 e. The molecule has 0 radical (unpaired) electrons. The molecule has 3 atom stereocenters. The molecule has 0 aromatic carbocycles. The Morgan fingerprint density at radius 2 is 2.11 bits per heavy atom. The number of hydrogen-bond donors (Lipinski definition) is 2. The first-order valence-electron chi connectivity index (χ1n) is 10.4. The lowest BCUT2D eigenvalue weighted by Crippen LogP contribution is -2.47. The van der Waals surface area contributed by atoms with Gasteiger partial charge in [0.1, 0.15) is 0 Å². The highest BCUT2D eigenvalue weighted by Crippen LogP contribution is 2.22. The Labute approximate surface area is 181 Å². The molecule has 2 N–H and O–H groups in total. The minimum absolute atomic E-state index is 0. The van der Waals surface area contributed by atoms with E-state index in [4.69, 9.17) is 19.2 Å². The van der Waals surface area contributed by atoms with Crippen LogP contribution in [0.1, 0.15) is 39.0 Å². The first-order chi connectivity index (χ1) is 12.8. The summed E-state index contributed by atoms with van der Waals surface area (Å²) in [5.41, 5.74) is 0. The van der Waals surface area contributed by atoms with Crippen molar-refractivity contribution >= 4 is 29.9 Å². The van der Waals surface area contributed by atoms with Crippen molar-refractivity contribution < 1.29 is 14.2 Å². The molecular weight excluding hydrogens is 459 g/mol. The summed E-state index contributed by atoms with van der Waals surface area (Å²) in [5.74, 6) is 0.874. The lowest BCUT2D eigenvalue weighted by molar-refractivity contribution is -0.0432. The van der Waals surface area contributed by atoms with Crippen molar-refractivity contribution in [2.75, 3.05) is 59.2 Å². The van der Waals surface area contributed by atoms with E-state index in [1.165, 1.54) is 25.8 Å². The van der Waals surface area contributed by atoms with E-state index in [0.29, 0.717) is 18.7 Å². The van der Waals surface area contributed by atoms with Crippen molar-refractivity contribution in [2.24, 2.45) is 4.99 Å². The number of fused-ring (bicyclic) bond motifs is 1. The number of ether oxygens (including phenoxy) is 3. The Bertz CT molecular complexity index is 435. The lowest BCUT2D eigenvalue weighted by Gasteiger charge is -2.34. The van der Waals surface area contributed by atoms with Gasteiger partial charge in [-0.25, -0.2) is 0 Å². The van der Waals surface area contributed by atoms with Crippen molar-refractivity contribution in [3.63, 3.8) is 0 Å². The van der Waals surface area contributed by atoms with Gasteiger partial charge in [-0.3, -0.25) is 9.89 Å². The van der Waals surface area contributed by atoms with Gasteiger partial charge in [0, 0.05) is 38.9 Å². The molecule has 3 rings (SSSR count). The van der Waals surface area contributed by atoms with Gasteiger partial charge in [-0.05, 0) is 45.6 Å². The van der Waals surface area contributed by atoms with Crippen LogP contribution in [0.15, 0.2) is 4.99 Å². The molecule has 3 aliphatic rings. The summed E-state index contributed by atoms with van der Waals surface area (Å²) in [5, 5.41) is 6.71. The quantitative estimate of drug-likeness (QED) is 0.219. The molecule has 3 aliphatic heterocycles. The number of nitrogens with one attached hydrogen (secondary N) is 2. The van der Waals surface area contributed by atoms with E-state index in [-0.39, 0.29) is 30.1 Å². The summed E-state index contributed by atoms with van der Waals surface area (Å²) in [6.45, 7) is 10.0. The van der Waals surface area contributed by atoms with Crippen LogP contribution in [0.2, 0.25) is 0 Å². The number of hydrogen-bond acceptors (Lipinski definition) is 5. The number of aliphatic imine (C=N–C) groups is 1. The fourth-order valence-electron chi connectivity index (χ4n) is 3.90. The van der Waals surface area contributed by atoms with E-state index in [1.54, 1.807) is 0 Å². The minimum Gasteiger partial charge on any atom is -0.379 e. The van der Waals surface area contributed by atoms with Crippen LogP contribution in [0.3, 0.4) is 0 Å². The normalized spacial score (nSPS) is 28.6. The molecule has 3 saturated heterocycles. The van der Waals surface area contributed by atoms with Crippen LogP contribution in [-0.2, 0) is 14.2 Å². The van der Waals surface area contributed by atoms with Crippen LogP contribution in [0.4, 0.5) is 0 Å². The van der Waals surface area contributed by atoms with Gasteiger partial charge in [0.05, 0.1) is 32.0 Å². The maximum Gasteiger partial charge on any atom is 0.191 e. The zero-order valence-corrected chi connectivity index (χ0v) is 19.0. The molecule has 7 nitrogen and oxygen atoms in total. The van der Waals surface area contributed by atoms with Gasteiger partial charge >= 0.3 is 0 Å². The van der Waals surface area contributed by atoms with E-state index < -0.39 is 0 Å². The summed E-state index contributed by atoms with van der Waals surface area (Å²) < 4.78 is 17.3. The third kappa shape index (κ3) is 8.00. The van der Waals surface area contributed by atoms with Crippen molar-refractivity contribution in [1.29, 1.82) is 0 Å². The van der Waals surface area contributed by atoms with E-state index in [0.717, 1.165) is 64.9 Å². The molecule has 0 bridgehead atoms. The van der Waals surface area contributed by atoms with E-state index in [1.807, 2.05) is 0 Å². The van der Waals surface area contributed by atoms with Crippen LogP contribution in [0, 0.1) is 0 Å². The summed E-state index contributed by atoms with van der Waals surface area (Å²) in [6, 6.07) is 0.649. The monoisotopic (exact) mass is 496 g/mol. The third-order valence-corrected chi connectivity index (χ3v) is 5.34. The molecule has 8 heteroatoms. The zero-order chi connectivity index (χ0) is 18.0. The first kappa shape index (κ1) is 23.1. The number of rotatable bonds is 9. The maximum atomic E-state index is 5.99. The van der Waals surface area contributed by atoms with Crippen LogP contribution in [0.5, 0.6) is 0 Å². The lowest BCUT2D eigenvalue weighted by atomic mass is 10.2.